The third-order valence-corrected chi connectivity index (χ3v) is 13.0. The molecule has 4 aliphatic heterocycles. The Hall–Kier alpha value is -0.940. The lowest BCUT2D eigenvalue weighted by Crippen LogP contribution is -2.60. The first-order valence-electron chi connectivity index (χ1n) is 18.6. The maximum Gasteiger partial charge on any atom is 0.162 e. The summed E-state index contributed by atoms with van der Waals surface area (Å²) in [5.74, 6) is 1.13. The quantitative estimate of drug-likeness (QED) is 0.249. The normalized spacial score (nSPS) is 51.0. The Morgan fingerprint density at radius 1 is 0.447 bits per heavy atom. The van der Waals surface area contributed by atoms with Crippen LogP contribution in [0.1, 0.15) is 110 Å². The largest absolute Gasteiger partial charge is 0.372 e. The molecular formula is C38H66O9. The molecule has 0 aromatic carbocycles. The fourth-order valence-corrected chi connectivity index (χ4v) is 8.37. The Bertz CT molecular complexity index is 1050. The van der Waals surface area contributed by atoms with Crippen LogP contribution in [0.3, 0.4) is 0 Å². The third kappa shape index (κ3) is 7.87. The summed E-state index contributed by atoms with van der Waals surface area (Å²) in [7, 11) is 0. The number of Topliss-reactive ketones (excluding diaryl/α,β-unsaturated/α-hetero) is 2. The van der Waals surface area contributed by atoms with Crippen LogP contribution in [0, 0.1) is 53.3 Å². The van der Waals surface area contributed by atoms with E-state index in [1.54, 1.807) is 13.8 Å². The number of rotatable bonds is 10. The van der Waals surface area contributed by atoms with Gasteiger partial charge in [-0.15, -0.1) is 0 Å². The fraction of sp³-hybridized carbons (Fsp3) is 0.947. The lowest BCUT2D eigenvalue weighted by Gasteiger charge is -2.51. The van der Waals surface area contributed by atoms with Gasteiger partial charge in [0.15, 0.2) is 30.4 Å². The maximum atomic E-state index is 13.1. The van der Waals surface area contributed by atoms with Crippen LogP contribution >= 0.6 is 0 Å². The highest BCUT2D eigenvalue weighted by molar-refractivity contribution is 5.81. The highest BCUT2D eigenvalue weighted by Gasteiger charge is 2.52. The van der Waals surface area contributed by atoms with Gasteiger partial charge in [-0.25, -0.2) is 0 Å². The Kier molecular flexibility index (Phi) is 13.2. The standard InChI is InChI=1S/C38H66O9/c1-15-29-32(20(6)18(4)28(14)41-29)44-38-25(11)22(8)34(35(47-38)27(13)40)46-36-24(10)21(7)33(30(16-2)42-36)45-37-23(9)17(3)19(5)31(43-37)26(12)39/h17-25,28-38H,15-16H2,1-14H3/t17-,18?,19-,20+,21+,22-,23?,24?,25?,28?,29?,30?,31?,32+,33-,34-,35?,36+,37-,38+/m0/s1. The molecule has 20 atom stereocenters. The van der Waals surface area contributed by atoms with Gasteiger partial charge in [-0.2, -0.15) is 0 Å². The van der Waals surface area contributed by atoms with Crippen LogP contribution in [0.2, 0.25) is 0 Å². The van der Waals surface area contributed by atoms with Crippen molar-refractivity contribution < 1.29 is 42.7 Å². The molecule has 0 radical (unpaired) electrons. The van der Waals surface area contributed by atoms with Crippen molar-refractivity contribution in [1.82, 2.24) is 0 Å². The van der Waals surface area contributed by atoms with Crippen molar-refractivity contribution in [3.8, 4) is 0 Å². The highest BCUT2D eigenvalue weighted by Crippen LogP contribution is 2.44. The number of hydrogen-bond acceptors (Lipinski definition) is 9. The number of carbonyl (C=O) groups is 2. The topological polar surface area (TPSA) is 98.8 Å². The summed E-state index contributed by atoms with van der Waals surface area (Å²) >= 11 is 0. The molecule has 4 aliphatic rings. The number of ether oxygens (including phenoxy) is 7. The molecule has 4 heterocycles. The van der Waals surface area contributed by atoms with Crippen LogP contribution < -0.4 is 0 Å². The van der Waals surface area contributed by atoms with Gasteiger partial charge >= 0.3 is 0 Å². The van der Waals surface area contributed by atoms with Gasteiger partial charge < -0.3 is 33.2 Å². The van der Waals surface area contributed by atoms with Crippen LogP contribution in [0.4, 0.5) is 0 Å². The number of ketones is 2. The zero-order valence-corrected chi connectivity index (χ0v) is 31.6. The predicted molar refractivity (Wildman–Crippen MR) is 179 cm³/mol. The molecule has 272 valence electrons. The molecule has 4 fully saturated rings. The van der Waals surface area contributed by atoms with Gasteiger partial charge in [-0.3, -0.25) is 9.59 Å². The zero-order chi connectivity index (χ0) is 35.1. The monoisotopic (exact) mass is 666 g/mol. The summed E-state index contributed by atoms with van der Waals surface area (Å²) in [6.07, 6.45) is -2.17. The van der Waals surface area contributed by atoms with E-state index in [2.05, 4.69) is 83.1 Å². The molecule has 9 unspecified atom stereocenters. The molecule has 0 aromatic rings. The van der Waals surface area contributed by atoms with Gasteiger partial charge in [-0.1, -0.05) is 76.2 Å². The second kappa shape index (κ2) is 15.9. The Morgan fingerprint density at radius 3 is 1.32 bits per heavy atom. The van der Waals surface area contributed by atoms with Gasteiger partial charge in [0, 0.05) is 17.8 Å². The van der Waals surface area contributed by atoms with Gasteiger partial charge in [0.1, 0.15) is 12.2 Å². The van der Waals surface area contributed by atoms with Crippen LogP contribution in [-0.2, 0) is 42.7 Å². The first-order chi connectivity index (χ1) is 22.0. The van der Waals surface area contributed by atoms with Crippen molar-refractivity contribution in [2.24, 2.45) is 53.3 Å². The third-order valence-electron chi connectivity index (χ3n) is 13.0. The molecule has 0 saturated carbocycles. The first-order valence-corrected chi connectivity index (χ1v) is 18.6. The minimum Gasteiger partial charge on any atom is -0.372 e. The molecule has 0 amide bonds. The lowest BCUT2D eigenvalue weighted by molar-refractivity contribution is -0.350. The summed E-state index contributed by atoms with van der Waals surface area (Å²) in [6.45, 7) is 28.9. The summed E-state index contributed by atoms with van der Waals surface area (Å²) in [6, 6.07) is 0. The van der Waals surface area contributed by atoms with Gasteiger partial charge in [0.25, 0.3) is 0 Å². The van der Waals surface area contributed by atoms with E-state index in [0.717, 1.165) is 12.8 Å². The zero-order valence-electron chi connectivity index (χ0n) is 31.6. The average Bonchev–Trinajstić information content (AvgIpc) is 3.03. The van der Waals surface area contributed by atoms with Crippen LogP contribution in [-0.4, -0.2) is 79.3 Å². The number of hydrogen-bond donors (Lipinski definition) is 0. The van der Waals surface area contributed by atoms with Gasteiger partial charge in [0.05, 0.1) is 36.6 Å². The molecule has 47 heavy (non-hydrogen) atoms. The van der Waals surface area contributed by atoms with Crippen LogP contribution in [0.5, 0.6) is 0 Å². The Labute approximate surface area is 284 Å². The van der Waals surface area contributed by atoms with E-state index >= 15 is 0 Å². The second-order valence-electron chi connectivity index (χ2n) is 15.8. The molecular weight excluding hydrogens is 600 g/mol. The Balaban J connectivity index is 1.47. The molecule has 9 heteroatoms. The minimum atomic E-state index is -0.772. The molecule has 9 nitrogen and oxygen atoms in total. The second-order valence-corrected chi connectivity index (χ2v) is 15.8. The van der Waals surface area contributed by atoms with Crippen molar-refractivity contribution in [3.63, 3.8) is 0 Å². The average molecular weight is 667 g/mol. The summed E-state index contributed by atoms with van der Waals surface area (Å²) in [4.78, 5) is 25.5. The van der Waals surface area contributed by atoms with E-state index in [-0.39, 0.29) is 83.5 Å². The SMILES string of the molecule is CCC1O[C@H](O[C@@H]2C(C(C)=O)O[C@@H](O[C@H]3C(CC)OC(C)C(C)[C@H]3C)C(C)[C@@H]2C)C(C)[C@@H](C)[C@@H]1O[C@@H]1OC(C(C)=O)[C@@H](C)[C@H](C)C1C. The van der Waals surface area contributed by atoms with E-state index in [1.165, 1.54) is 0 Å². The van der Waals surface area contributed by atoms with E-state index < -0.39 is 37.2 Å². The van der Waals surface area contributed by atoms with Crippen molar-refractivity contribution in [2.75, 3.05) is 0 Å². The molecule has 0 aromatic heterocycles. The highest BCUT2D eigenvalue weighted by atomic mass is 16.7. The van der Waals surface area contributed by atoms with E-state index in [9.17, 15) is 9.59 Å². The summed E-state index contributed by atoms with van der Waals surface area (Å²) < 4.78 is 46.1. The Morgan fingerprint density at radius 2 is 0.830 bits per heavy atom. The molecule has 0 spiro atoms. The fourth-order valence-electron chi connectivity index (χ4n) is 8.37. The molecule has 0 bridgehead atoms. The maximum absolute atomic E-state index is 13.1. The van der Waals surface area contributed by atoms with E-state index in [4.69, 9.17) is 33.2 Å². The van der Waals surface area contributed by atoms with Crippen LogP contribution in [0.25, 0.3) is 0 Å². The summed E-state index contributed by atoms with van der Waals surface area (Å²) in [5, 5.41) is 0. The van der Waals surface area contributed by atoms with Crippen molar-refractivity contribution in [3.05, 3.63) is 0 Å². The number of carbonyl (C=O) groups excluding carboxylic acids is 2. The first kappa shape index (κ1) is 38.9. The molecule has 4 rings (SSSR count). The molecule has 0 aliphatic carbocycles. The molecule has 0 N–H and O–H groups in total. The van der Waals surface area contributed by atoms with Crippen molar-refractivity contribution in [2.45, 2.75) is 177 Å². The smallest absolute Gasteiger partial charge is 0.162 e. The van der Waals surface area contributed by atoms with Crippen LogP contribution in [0.15, 0.2) is 0 Å². The van der Waals surface area contributed by atoms with E-state index in [1.807, 2.05) is 0 Å². The predicted octanol–water partition coefficient (Wildman–Crippen LogP) is 6.83. The lowest BCUT2D eigenvalue weighted by atomic mass is 9.77. The van der Waals surface area contributed by atoms with Crippen molar-refractivity contribution in [1.29, 1.82) is 0 Å². The van der Waals surface area contributed by atoms with E-state index in [0.29, 0.717) is 11.8 Å². The summed E-state index contributed by atoms with van der Waals surface area (Å²) in [5.41, 5.74) is 0. The van der Waals surface area contributed by atoms with Gasteiger partial charge in [-0.05, 0) is 69.1 Å². The van der Waals surface area contributed by atoms with Gasteiger partial charge in [0.2, 0.25) is 0 Å². The minimum absolute atomic E-state index is 0.0202. The molecule has 4 saturated heterocycles. The van der Waals surface area contributed by atoms with Crippen molar-refractivity contribution >= 4 is 11.6 Å².